The van der Waals surface area contributed by atoms with Gasteiger partial charge >= 0.3 is 6.09 Å². The summed E-state index contributed by atoms with van der Waals surface area (Å²) < 4.78 is 6.80. The molecular formula is C12H14N4O2. The predicted octanol–water partition coefficient (Wildman–Crippen LogP) is 1.07. The minimum Gasteiger partial charge on any atom is -0.448 e. The van der Waals surface area contributed by atoms with Crippen molar-refractivity contribution in [1.82, 2.24) is 14.5 Å². The molecule has 3 rings (SSSR count). The van der Waals surface area contributed by atoms with E-state index in [9.17, 15) is 4.79 Å². The molecule has 0 atom stereocenters. The molecule has 0 spiro atoms. The molecule has 0 saturated carbocycles. The van der Waals surface area contributed by atoms with Crippen molar-refractivity contribution in [3.8, 4) is 0 Å². The molecule has 0 radical (unpaired) electrons. The summed E-state index contributed by atoms with van der Waals surface area (Å²) in [4.78, 5) is 17.3. The van der Waals surface area contributed by atoms with Gasteiger partial charge in [0.15, 0.2) is 0 Å². The fraction of sp³-hybridized carbons (Fsp3) is 0.333. The molecule has 1 amide bonds. The smallest absolute Gasteiger partial charge is 0.410 e. The van der Waals surface area contributed by atoms with E-state index >= 15 is 0 Å². The number of rotatable bonds is 3. The average Bonchev–Trinajstić information content (AvgIpc) is 2.90. The summed E-state index contributed by atoms with van der Waals surface area (Å²) >= 11 is 0. The Morgan fingerprint density at radius 2 is 2.17 bits per heavy atom. The van der Waals surface area contributed by atoms with Crippen molar-refractivity contribution in [1.29, 1.82) is 0 Å². The first kappa shape index (κ1) is 10.9. The van der Waals surface area contributed by atoms with E-state index in [0.29, 0.717) is 32.2 Å². The van der Waals surface area contributed by atoms with Crippen LogP contribution in [0.25, 0.3) is 11.0 Å². The molecule has 6 heteroatoms. The Hall–Kier alpha value is -2.24. The quantitative estimate of drug-likeness (QED) is 0.879. The fourth-order valence-corrected chi connectivity index (χ4v) is 2.18. The Labute approximate surface area is 104 Å². The van der Waals surface area contributed by atoms with Crippen LogP contribution < -0.4 is 5.73 Å². The number of nitrogens with two attached hydrogens (primary N) is 1. The zero-order valence-electron chi connectivity index (χ0n) is 9.87. The number of carbonyl (C=O) groups excluding carboxylic acids is 1. The number of para-hydroxylation sites is 2. The van der Waals surface area contributed by atoms with Gasteiger partial charge in [0.25, 0.3) is 0 Å². The Kier molecular flexibility index (Phi) is 2.55. The second-order valence-electron chi connectivity index (χ2n) is 4.21. The van der Waals surface area contributed by atoms with E-state index in [1.165, 1.54) is 0 Å². The number of fused-ring (bicyclic) bond motifs is 1. The third-order valence-corrected chi connectivity index (χ3v) is 3.12. The van der Waals surface area contributed by atoms with Crippen LogP contribution in [0.2, 0.25) is 0 Å². The van der Waals surface area contributed by atoms with Gasteiger partial charge < -0.3 is 19.9 Å². The molecule has 94 valence electrons. The Balaban J connectivity index is 1.82. The number of cyclic esters (lactones) is 1. The lowest BCUT2D eigenvalue weighted by atomic mass is 10.3. The maximum absolute atomic E-state index is 11.3. The predicted molar refractivity (Wildman–Crippen MR) is 67.1 cm³/mol. The van der Waals surface area contributed by atoms with Crippen LogP contribution in [-0.2, 0) is 11.3 Å². The van der Waals surface area contributed by atoms with Gasteiger partial charge in [-0.3, -0.25) is 0 Å². The molecule has 6 nitrogen and oxygen atoms in total. The van der Waals surface area contributed by atoms with Gasteiger partial charge in [-0.05, 0) is 12.1 Å². The van der Waals surface area contributed by atoms with E-state index in [2.05, 4.69) is 4.98 Å². The van der Waals surface area contributed by atoms with Gasteiger partial charge in [-0.15, -0.1) is 0 Å². The van der Waals surface area contributed by atoms with Crippen molar-refractivity contribution in [2.75, 3.05) is 25.4 Å². The van der Waals surface area contributed by atoms with Crippen molar-refractivity contribution in [3.05, 3.63) is 24.3 Å². The van der Waals surface area contributed by atoms with Crippen molar-refractivity contribution in [3.63, 3.8) is 0 Å². The van der Waals surface area contributed by atoms with Crippen LogP contribution in [0.4, 0.5) is 10.7 Å². The minimum absolute atomic E-state index is 0.252. The Bertz CT molecular complexity index is 593. The number of nitrogen functional groups attached to an aromatic ring is 1. The lowest BCUT2D eigenvalue weighted by Crippen LogP contribution is -2.28. The summed E-state index contributed by atoms with van der Waals surface area (Å²) in [6.45, 7) is 2.33. The highest BCUT2D eigenvalue weighted by Crippen LogP contribution is 2.17. The van der Waals surface area contributed by atoms with Crippen LogP contribution in [0.3, 0.4) is 0 Å². The summed E-state index contributed by atoms with van der Waals surface area (Å²) in [5.41, 5.74) is 7.75. The van der Waals surface area contributed by atoms with Gasteiger partial charge in [-0.25, -0.2) is 9.78 Å². The van der Waals surface area contributed by atoms with Crippen LogP contribution >= 0.6 is 0 Å². The van der Waals surface area contributed by atoms with Gasteiger partial charge in [0.2, 0.25) is 5.95 Å². The number of nitrogens with zero attached hydrogens (tertiary/aromatic N) is 3. The molecule has 1 aromatic carbocycles. The molecule has 0 bridgehead atoms. The Morgan fingerprint density at radius 1 is 1.33 bits per heavy atom. The minimum atomic E-state index is -0.252. The van der Waals surface area contributed by atoms with Gasteiger partial charge in [0.1, 0.15) is 6.61 Å². The fourth-order valence-electron chi connectivity index (χ4n) is 2.18. The number of imidazole rings is 1. The molecule has 2 aromatic rings. The highest BCUT2D eigenvalue weighted by molar-refractivity contribution is 5.78. The number of anilines is 1. The summed E-state index contributed by atoms with van der Waals surface area (Å²) in [5.74, 6) is 0.476. The number of amides is 1. The van der Waals surface area contributed by atoms with Crippen LogP contribution in [0.1, 0.15) is 0 Å². The number of ether oxygens (including phenoxy) is 1. The van der Waals surface area contributed by atoms with Crippen molar-refractivity contribution < 1.29 is 9.53 Å². The second-order valence-corrected chi connectivity index (χ2v) is 4.21. The summed E-state index contributed by atoms with van der Waals surface area (Å²) in [6.07, 6.45) is -0.252. The first-order valence-corrected chi connectivity index (χ1v) is 5.88. The van der Waals surface area contributed by atoms with E-state index < -0.39 is 0 Å². The zero-order valence-corrected chi connectivity index (χ0v) is 9.87. The standard InChI is InChI=1S/C12H14N4O2/c13-11-14-9-3-1-2-4-10(9)16(11)6-5-15-7-8-18-12(15)17/h1-4H,5-8H2,(H2,13,14). The van der Waals surface area contributed by atoms with Crippen LogP contribution in [-0.4, -0.2) is 40.2 Å². The van der Waals surface area contributed by atoms with E-state index in [0.717, 1.165) is 11.0 Å². The maximum Gasteiger partial charge on any atom is 0.410 e. The summed E-state index contributed by atoms with van der Waals surface area (Å²) in [6, 6.07) is 7.77. The molecule has 1 saturated heterocycles. The highest BCUT2D eigenvalue weighted by atomic mass is 16.6. The normalized spacial score (nSPS) is 15.3. The monoisotopic (exact) mass is 246 g/mol. The first-order chi connectivity index (χ1) is 8.75. The van der Waals surface area contributed by atoms with Crippen LogP contribution in [0.15, 0.2) is 24.3 Å². The number of hydrogen-bond acceptors (Lipinski definition) is 4. The van der Waals surface area contributed by atoms with Gasteiger partial charge in [-0.2, -0.15) is 0 Å². The molecule has 1 aromatic heterocycles. The van der Waals surface area contributed by atoms with Crippen molar-refractivity contribution in [2.45, 2.75) is 6.54 Å². The number of carbonyl (C=O) groups is 1. The molecule has 2 N–H and O–H groups in total. The lowest BCUT2D eigenvalue weighted by molar-refractivity contribution is 0.157. The van der Waals surface area contributed by atoms with E-state index in [4.69, 9.17) is 10.5 Å². The Morgan fingerprint density at radius 3 is 2.94 bits per heavy atom. The van der Waals surface area contributed by atoms with Crippen molar-refractivity contribution in [2.24, 2.45) is 0 Å². The van der Waals surface area contributed by atoms with Crippen molar-refractivity contribution >= 4 is 23.1 Å². The summed E-state index contributed by atoms with van der Waals surface area (Å²) in [5, 5.41) is 0. The number of benzene rings is 1. The van der Waals surface area contributed by atoms with Crippen LogP contribution in [0.5, 0.6) is 0 Å². The van der Waals surface area contributed by atoms with Gasteiger partial charge in [-0.1, -0.05) is 12.1 Å². The summed E-state index contributed by atoms with van der Waals surface area (Å²) in [7, 11) is 0. The lowest BCUT2D eigenvalue weighted by Gasteiger charge is -2.13. The van der Waals surface area contributed by atoms with E-state index in [-0.39, 0.29) is 6.09 Å². The molecule has 1 fully saturated rings. The molecular weight excluding hydrogens is 232 g/mol. The number of hydrogen-bond donors (Lipinski definition) is 1. The van der Waals surface area contributed by atoms with Crippen LogP contribution in [0, 0.1) is 0 Å². The molecule has 2 heterocycles. The average molecular weight is 246 g/mol. The van der Waals surface area contributed by atoms with E-state index in [1.54, 1.807) is 4.90 Å². The molecule has 1 aliphatic rings. The van der Waals surface area contributed by atoms with E-state index in [1.807, 2.05) is 28.8 Å². The molecule has 18 heavy (non-hydrogen) atoms. The third kappa shape index (κ3) is 1.75. The third-order valence-electron chi connectivity index (χ3n) is 3.12. The zero-order chi connectivity index (χ0) is 12.5. The SMILES string of the molecule is Nc1nc2ccccc2n1CCN1CCOC1=O. The number of aromatic nitrogens is 2. The first-order valence-electron chi connectivity index (χ1n) is 5.88. The molecule has 0 unspecified atom stereocenters. The molecule has 0 aliphatic carbocycles. The largest absolute Gasteiger partial charge is 0.448 e. The maximum atomic E-state index is 11.3. The molecule has 1 aliphatic heterocycles. The topological polar surface area (TPSA) is 73.4 Å². The highest BCUT2D eigenvalue weighted by Gasteiger charge is 2.21. The van der Waals surface area contributed by atoms with Gasteiger partial charge in [0.05, 0.1) is 17.6 Å². The van der Waals surface area contributed by atoms with Gasteiger partial charge in [0, 0.05) is 13.1 Å². The second kappa shape index (κ2) is 4.21.